The van der Waals surface area contributed by atoms with Gasteiger partial charge in [-0.15, -0.1) is 0 Å². The molecule has 30 heavy (non-hydrogen) atoms. The molecule has 4 aromatic rings. The second kappa shape index (κ2) is 8.82. The molecular weight excluding hydrogens is 421 g/mol. The Morgan fingerprint density at radius 1 is 0.933 bits per heavy atom. The maximum atomic E-state index is 11.0. The van der Waals surface area contributed by atoms with Gasteiger partial charge in [0.05, 0.1) is 10.0 Å². The average molecular weight is 440 g/mol. The van der Waals surface area contributed by atoms with Crippen LogP contribution in [0.2, 0.25) is 10.0 Å². The Morgan fingerprint density at radius 3 is 2.57 bits per heavy atom. The lowest BCUT2D eigenvalue weighted by Gasteiger charge is -2.14. The van der Waals surface area contributed by atoms with Gasteiger partial charge in [0.15, 0.2) is 0 Å². The van der Waals surface area contributed by atoms with Crippen LogP contribution >= 0.6 is 23.2 Å². The van der Waals surface area contributed by atoms with E-state index < -0.39 is 5.97 Å². The smallest absolute Gasteiger partial charge is 0.303 e. The predicted molar refractivity (Wildman–Crippen MR) is 120 cm³/mol. The Morgan fingerprint density at radius 2 is 1.77 bits per heavy atom. The number of rotatable bonds is 7. The largest absolute Gasteiger partial charge is 0.488 e. The lowest BCUT2D eigenvalue weighted by molar-refractivity contribution is -0.136. The number of aromatic nitrogens is 1. The monoisotopic (exact) mass is 439 g/mol. The van der Waals surface area contributed by atoms with E-state index in [0.717, 1.165) is 38.9 Å². The number of carbonyl (C=O) groups is 1. The van der Waals surface area contributed by atoms with Crippen molar-refractivity contribution in [2.45, 2.75) is 19.4 Å². The first-order valence-corrected chi connectivity index (χ1v) is 10.2. The average Bonchev–Trinajstić information content (AvgIpc) is 3.21. The molecule has 0 aliphatic carbocycles. The minimum absolute atomic E-state index is 0.0831. The first-order chi connectivity index (χ1) is 14.5. The Hall–Kier alpha value is -2.95. The Kier molecular flexibility index (Phi) is 5.98. The standard InChI is InChI=1S/C24H19Cl2NO3/c25-20-5-1-16(12-21(20)26)14-30-23-7-2-15(3-8-24(28)29)11-19(23)17-4-6-22-18(13-17)9-10-27-22/h1-2,4-7,9-13,27H,3,8,14H2,(H,28,29). The quantitative estimate of drug-likeness (QED) is 0.335. The van der Waals surface area contributed by atoms with E-state index >= 15 is 0 Å². The molecule has 1 heterocycles. The topological polar surface area (TPSA) is 62.3 Å². The number of nitrogens with one attached hydrogen (secondary N) is 1. The molecule has 0 aliphatic rings. The van der Waals surface area contributed by atoms with Crippen LogP contribution in [-0.4, -0.2) is 16.1 Å². The Labute approximate surface area is 184 Å². The molecule has 0 unspecified atom stereocenters. The molecular formula is C24H19Cl2NO3. The van der Waals surface area contributed by atoms with E-state index in [4.69, 9.17) is 33.0 Å². The number of fused-ring (bicyclic) bond motifs is 1. The van der Waals surface area contributed by atoms with Crippen molar-refractivity contribution in [3.05, 3.63) is 88.0 Å². The van der Waals surface area contributed by atoms with Gasteiger partial charge in [-0.2, -0.15) is 0 Å². The van der Waals surface area contributed by atoms with Crippen LogP contribution in [0, 0.1) is 0 Å². The highest BCUT2D eigenvalue weighted by atomic mass is 35.5. The number of aliphatic carboxylic acids is 1. The maximum absolute atomic E-state index is 11.0. The van der Waals surface area contributed by atoms with E-state index in [9.17, 15) is 4.79 Å². The molecule has 0 atom stereocenters. The third-order valence-electron chi connectivity index (χ3n) is 4.91. The van der Waals surface area contributed by atoms with Crippen molar-refractivity contribution in [1.82, 2.24) is 4.98 Å². The van der Waals surface area contributed by atoms with Crippen LogP contribution in [0.3, 0.4) is 0 Å². The maximum Gasteiger partial charge on any atom is 0.303 e. The van der Waals surface area contributed by atoms with E-state index in [-0.39, 0.29) is 6.42 Å². The third kappa shape index (κ3) is 4.61. The second-order valence-corrected chi connectivity index (χ2v) is 7.86. The molecule has 6 heteroatoms. The molecule has 0 fully saturated rings. The van der Waals surface area contributed by atoms with Crippen molar-refractivity contribution in [2.75, 3.05) is 0 Å². The van der Waals surface area contributed by atoms with Crippen molar-refractivity contribution in [1.29, 1.82) is 0 Å². The zero-order valence-electron chi connectivity index (χ0n) is 16.0. The Balaban J connectivity index is 1.67. The highest BCUT2D eigenvalue weighted by molar-refractivity contribution is 6.42. The molecule has 0 radical (unpaired) electrons. The molecule has 3 aromatic carbocycles. The fourth-order valence-corrected chi connectivity index (χ4v) is 3.67. The summed E-state index contributed by atoms with van der Waals surface area (Å²) >= 11 is 12.1. The lowest BCUT2D eigenvalue weighted by Crippen LogP contribution is -2.00. The number of H-pyrrole nitrogens is 1. The molecule has 0 bridgehead atoms. The van der Waals surface area contributed by atoms with E-state index in [2.05, 4.69) is 11.1 Å². The molecule has 4 nitrogen and oxygen atoms in total. The zero-order chi connectivity index (χ0) is 21.1. The molecule has 4 rings (SSSR count). The summed E-state index contributed by atoms with van der Waals surface area (Å²) in [6, 6.07) is 19.4. The molecule has 2 N–H and O–H groups in total. The summed E-state index contributed by atoms with van der Waals surface area (Å²) in [5.74, 6) is -0.0970. The number of hydrogen-bond acceptors (Lipinski definition) is 2. The van der Waals surface area contributed by atoms with Crippen molar-refractivity contribution in [3.8, 4) is 16.9 Å². The number of benzene rings is 3. The van der Waals surface area contributed by atoms with Gasteiger partial charge < -0.3 is 14.8 Å². The van der Waals surface area contributed by atoms with Gasteiger partial charge in [-0.3, -0.25) is 4.79 Å². The van der Waals surface area contributed by atoms with Crippen LogP contribution in [0.4, 0.5) is 0 Å². The van der Waals surface area contributed by atoms with Crippen LogP contribution in [0.25, 0.3) is 22.0 Å². The van der Waals surface area contributed by atoms with Crippen LogP contribution in [0.15, 0.2) is 66.9 Å². The molecule has 1 aromatic heterocycles. The van der Waals surface area contributed by atoms with Crippen LogP contribution < -0.4 is 4.74 Å². The number of ether oxygens (including phenoxy) is 1. The van der Waals surface area contributed by atoms with Crippen LogP contribution in [0.5, 0.6) is 5.75 Å². The summed E-state index contributed by atoms with van der Waals surface area (Å²) < 4.78 is 6.12. The highest BCUT2D eigenvalue weighted by Gasteiger charge is 2.11. The van der Waals surface area contributed by atoms with Gasteiger partial charge in [-0.25, -0.2) is 0 Å². The normalized spacial score (nSPS) is 11.0. The Bertz CT molecular complexity index is 1220. The number of carboxylic acids is 1. The number of aromatic amines is 1. The molecule has 0 aliphatic heterocycles. The van der Waals surface area contributed by atoms with Crippen molar-refractivity contribution in [3.63, 3.8) is 0 Å². The van der Waals surface area contributed by atoms with Crippen molar-refractivity contribution < 1.29 is 14.6 Å². The van der Waals surface area contributed by atoms with Gasteiger partial charge in [0, 0.05) is 23.7 Å². The minimum atomic E-state index is -0.815. The van der Waals surface area contributed by atoms with Gasteiger partial charge in [-0.05, 0) is 71.0 Å². The van der Waals surface area contributed by atoms with Gasteiger partial charge in [0.25, 0.3) is 0 Å². The molecule has 152 valence electrons. The molecule has 0 saturated heterocycles. The van der Waals surface area contributed by atoms with Crippen LogP contribution in [0.1, 0.15) is 17.5 Å². The van der Waals surface area contributed by atoms with E-state index in [0.29, 0.717) is 23.1 Å². The van der Waals surface area contributed by atoms with E-state index in [1.807, 2.05) is 48.7 Å². The summed E-state index contributed by atoms with van der Waals surface area (Å²) in [6.45, 7) is 0.338. The second-order valence-electron chi connectivity index (χ2n) is 7.04. The zero-order valence-corrected chi connectivity index (χ0v) is 17.5. The number of carboxylic acid groups (broad SMARTS) is 1. The van der Waals surface area contributed by atoms with E-state index in [1.54, 1.807) is 12.1 Å². The van der Waals surface area contributed by atoms with Gasteiger partial charge in [0.2, 0.25) is 0 Å². The van der Waals surface area contributed by atoms with Gasteiger partial charge in [-0.1, -0.05) is 41.4 Å². The molecule has 0 saturated carbocycles. The third-order valence-corrected chi connectivity index (χ3v) is 5.65. The summed E-state index contributed by atoms with van der Waals surface area (Å²) in [7, 11) is 0. The SMILES string of the molecule is O=C(O)CCc1ccc(OCc2ccc(Cl)c(Cl)c2)c(-c2ccc3[nH]ccc3c2)c1. The molecule has 0 spiro atoms. The van der Waals surface area contributed by atoms with Gasteiger partial charge in [0.1, 0.15) is 12.4 Å². The van der Waals surface area contributed by atoms with Crippen molar-refractivity contribution in [2.24, 2.45) is 0 Å². The van der Waals surface area contributed by atoms with Gasteiger partial charge >= 0.3 is 5.97 Å². The summed E-state index contributed by atoms with van der Waals surface area (Å²) in [5.41, 5.74) is 4.83. The highest BCUT2D eigenvalue weighted by Crippen LogP contribution is 2.34. The molecule has 0 amide bonds. The summed E-state index contributed by atoms with van der Waals surface area (Å²) in [4.78, 5) is 14.2. The predicted octanol–water partition coefficient (Wildman–Crippen LogP) is 6.74. The first-order valence-electron chi connectivity index (χ1n) is 9.48. The fraction of sp³-hybridized carbons (Fsp3) is 0.125. The fourth-order valence-electron chi connectivity index (χ4n) is 3.35. The first kappa shape index (κ1) is 20.3. The minimum Gasteiger partial charge on any atom is -0.488 e. The number of hydrogen-bond donors (Lipinski definition) is 2. The van der Waals surface area contributed by atoms with E-state index in [1.165, 1.54) is 0 Å². The number of aryl methyl sites for hydroxylation is 1. The summed E-state index contributed by atoms with van der Waals surface area (Å²) in [6.07, 6.45) is 2.45. The van der Waals surface area contributed by atoms with Crippen LogP contribution in [-0.2, 0) is 17.8 Å². The van der Waals surface area contributed by atoms with Crippen molar-refractivity contribution >= 4 is 40.1 Å². The lowest BCUT2D eigenvalue weighted by atomic mass is 9.99. The number of halogens is 2. The summed E-state index contributed by atoms with van der Waals surface area (Å²) in [5, 5.41) is 11.1.